The van der Waals surface area contributed by atoms with Crippen LogP contribution in [0.2, 0.25) is 15.2 Å². The number of pyridine rings is 1. The van der Waals surface area contributed by atoms with E-state index in [0.717, 1.165) is 14.7 Å². The number of nitrogens with zero attached hydrogens (tertiary/aromatic N) is 1. The maximum atomic E-state index is 6.14. The molecule has 2 aromatic rings. The Bertz CT molecular complexity index is 543. The molecule has 0 aliphatic carbocycles. The zero-order chi connectivity index (χ0) is 11.7. The van der Waals surface area contributed by atoms with Crippen LogP contribution in [0.5, 0.6) is 0 Å². The van der Waals surface area contributed by atoms with Gasteiger partial charge in [0.05, 0.1) is 10.0 Å². The summed E-state index contributed by atoms with van der Waals surface area (Å²) in [5.74, 6) is 0. The first kappa shape index (κ1) is 12.4. The molecule has 0 bridgehead atoms. The molecular weight excluding hydrogens is 379 g/mol. The first-order valence-corrected chi connectivity index (χ1v) is 6.56. The highest BCUT2D eigenvalue weighted by Crippen LogP contribution is 2.35. The van der Waals surface area contributed by atoms with Crippen LogP contribution in [0.25, 0.3) is 11.1 Å². The Morgan fingerprint density at radius 1 is 1.06 bits per heavy atom. The van der Waals surface area contributed by atoms with Crippen LogP contribution < -0.4 is 0 Å². The number of hydrogen-bond acceptors (Lipinski definition) is 1. The summed E-state index contributed by atoms with van der Waals surface area (Å²) < 4.78 is 0.988. The summed E-state index contributed by atoms with van der Waals surface area (Å²) in [5, 5.41) is 1.53. The third kappa shape index (κ3) is 2.45. The SMILES string of the molecule is Clc1cc(I)c(-c2cccc(Cl)c2Cl)cn1. The summed E-state index contributed by atoms with van der Waals surface area (Å²) in [7, 11) is 0. The van der Waals surface area contributed by atoms with Gasteiger partial charge < -0.3 is 0 Å². The smallest absolute Gasteiger partial charge is 0.130 e. The van der Waals surface area contributed by atoms with Crippen LogP contribution in [-0.4, -0.2) is 4.98 Å². The highest BCUT2D eigenvalue weighted by molar-refractivity contribution is 14.1. The van der Waals surface area contributed by atoms with Crippen LogP contribution in [0, 0.1) is 3.57 Å². The lowest BCUT2D eigenvalue weighted by Gasteiger charge is -2.07. The van der Waals surface area contributed by atoms with Gasteiger partial charge in [0.25, 0.3) is 0 Å². The van der Waals surface area contributed by atoms with E-state index in [1.54, 1.807) is 18.3 Å². The van der Waals surface area contributed by atoms with Crippen LogP contribution in [0.4, 0.5) is 0 Å². The second-order valence-electron chi connectivity index (χ2n) is 3.09. The van der Waals surface area contributed by atoms with Crippen molar-refractivity contribution in [2.24, 2.45) is 0 Å². The molecule has 0 fully saturated rings. The molecule has 1 aromatic carbocycles. The second-order valence-corrected chi connectivity index (χ2v) is 5.42. The second kappa shape index (κ2) is 5.08. The van der Waals surface area contributed by atoms with Crippen LogP contribution in [0.15, 0.2) is 30.5 Å². The highest BCUT2D eigenvalue weighted by atomic mass is 127. The van der Waals surface area contributed by atoms with Gasteiger partial charge in [-0.2, -0.15) is 0 Å². The van der Waals surface area contributed by atoms with Crippen molar-refractivity contribution < 1.29 is 0 Å². The van der Waals surface area contributed by atoms with E-state index in [1.165, 1.54) is 0 Å². The average molecular weight is 384 g/mol. The predicted molar refractivity (Wildman–Crippen MR) is 77.4 cm³/mol. The summed E-state index contributed by atoms with van der Waals surface area (Å²) in [6, 6.07) is 7.30. The van der Waals surface area contributed by atoms with Gasteiger partial charge >= 0.3 is 0 Å². The zero-order valence-corrected chi connectivity index (χ0v) is 12.3. The molecule has 0 radical (unpaired) electrons. The lowest BCUT2D eigenvalue weighted by molar-refractivity contribution is 1.31. The fourth-order valence-corrected chi connectivity index (χ4v) is 2.79. The van der Waals surface area contributed by atoms with E-state index in [9.17, 15) is 0 Å². The minimum Gasteiger partial charge on any atom is -0.244 e. The van der Waals surface area contributed by atoms with E-state index in [4.69, 9.17) is 34.8 Å². The van der Waals surface area contributed by atoms with Gasteiger partial charge in [0.15, 0.2) is 0 Å². The molecule has 16 heavy (non-hydrogen) atoms. The quantitative estimate of drug-likeness (QED) is 0.479. The number of aromatic nitrogens is 1. The van der Waals surface area contributed by atoms with Gasteiger partial charge in [-0.3, -0.25) is 0 Å². The van der Waals surface area contributed by atoms with Crippen LogP contribution in [0.1, 0.15) is 0 Å². The molecule has 0 unspecified atom stereocenters. The van der Waals surface area contributed by atoms with Crippen LogP contribution in [0.3, 0.4) is 0 Å². The minimum absolute atomic E-state index is 0.464. The molecule has 1 aromatic heterocycles. The molecule has 0 atom stereocenters. The van der Waals surface area contributed by atoms with Crippen molar-refractivity contribution in [2.45, 2.75) is 0 Å². The van der Waals surface area contributed by atoms with Crippen LogP contribution >= 0.6 is 57.4 Å². The van der Waals surface area contributed by atoms with Crippen molar-refractivity contribution in [3.8, 4) is 11.1 Å². The third-order valence-corrected chi connectivity index (χ3v) is 3.98. The van der Waals surface area contributed by atoms with Gasteiger partial charge in [-0.25, -0.2) is 4.98 Å². The Hall–Kier alpha value is -0.0300. The van der Waals surface area contributed by atoms with Gasteiger partial charge in [-0.1, -0.05) is 46.9 Å². The van der Waals surface area contributed by atoms with Crippen molar-refractivity contribution in [1.82, 2.24) is 4.98 Å². The number of halogens is 4. The number of rotatable bonds is 1. The predicted octanol–water partition coefficient (Wildman–Crippen LogP) is 5.31. The average Bonchev–Trinajstić information content (AvgIpc) is 2.23. The van der Waals surface area contributed by atoms with Crippen LogP contribution in [-0.2, 0) is 0 Å². The lowest BCUT2D eigenvalue weighted by Crippen LogP contribution is -1.87. The first-order valence-electron chi connectivity index (χ1n) is 4.35. The summed E-state index contributed by atoms with van der Waals surface area (Å²) in [4.78, 5) is 4.05. The van der Waals surface area contributed by atoms with Crippen molar-refractivity contribution in [2.75, 3.05) is 0 Å². The maximum absolute atomic E-state index is 6.14. The molecule has 0 saturated heterocycles. The van der Waals surface area contributed by atoms with E-state index in [2.05, 4.69) is 27.6 Å². The monoisotopic (exact) mass is 383 g/mol. The van der Waals surface area contributed by atoms with Crippen molar-refractivity contribution in [1.29, 1.82) is 0 Å². The highest BCUT2D eigenvalue weighted by Gasteiger charge is 2.10. The Kier molecular flexibility index (Phi) is 3.95. The van der Waals surface area contributed by atoms with E-state index in [-0.39, 0.29) is 0 Å². The van der Waals surface area contributed by atoms with E-state index in [1.807, 2.05) is 12.1 Å². The van der Waals surface area contributed by atoms with Gasteiger partial charge in [0, 0.05) is 20.9 Å². The van der Waals surface area contributed by atoms with E-state index < -0.39 is 0 Å². The molecule has 0 aliphatic heterocycles. The van der Waals surface area contributed by atoms with Gasteiger partial charge in [0.1, 0.15) is 5.15 Å². The maximum Gasteiger partial charge on any atom is 0.130 e. The van der Waals surface area contributed by atoms with E-state index >= 15 is 0 Å². The molecule has 1 heterocycles. The Balaban J connectivity index is 2.63. The third-order valence-electron chi connectivity index (χ3n) is 2.06. The summed E-state index contributed by atoms with van der Waals surface area (Å²) in [5.41, 5.74) is 1.79. The van der Waals surface area contributed by atoms with E-state index in [0.29, 0.717) is 15.2 Å². The van der Waals surface area contributed by atoms with Crippen molar-refractivity contribution in [3.63, 3.8) is 0 Å². The number of hydrogen-bond donors (Lipinski definition) is 0. The molecule has 0 amide bonds. The topological polar surface area (TPSA) is 12.9 Å². The van der Waals surface area contributed by atoms with Gasteiger partial charge in [-0.05, 0) is 34.7 Å². The summed E-state index contributed by atoms with van der Waals surface area (Å²) in [6.07, 6.45) is 1.70. The fraction of sp³-hybridized carbons (Fsp3) is 0. The Labute approximate surface area is 122 Å². The molecule has 2 rings (SSSR count). The van der Waals surface area contributed by atoms with Gasteiger partial charge in [0.2, 0.25) is 0 Å². The molecule has 82 valence electrons. The van der Waals surface area contributed by atoms with Crippen molar-refractivity contribution >= 4 is 57.4 Å². The zero-order valence-electron chi connectivity index (χ0n) is 7.85. The Morgan fingerprint density at radius 2 is 1.81 bits per heavy atom. The molecule has 0 spiro atoms. The summed E-state index contributed by atoms with van der Waals surface area (Å²) >= 11 is 20.1. The molecule has 0 aliphatic rings. The van der Waals surface area contributed by atoms with Gasteiger partial charge in [-0.15, -0.1) is 0 Å². The largest absolute Gasteiger partial charge is 0.244 e. The molecular formula is C11H5Cl3IN. The molecule has 1 nitrogen and oxygen atoms in total. The summed E-state index contributed by atoms with van der Waals surface area (Å²) in [6.45, 7) is 0. The molecule has 0 saturated carbocycles. The minimum atomic E-state index is 0.464. The lowest BCUT2D eigenvalue weighted by atomic mass is 10.1. The van der Waals surface area contributed by atoms with Crippen molar-refractivity contribution in [3.05, 3.63) is 49.2 Å². The normalized spacial score (nSPS) is 10.5. The first-order chi connectivity index (χ1) is 7.59. The molecule has 0 N–H and O–H groups in total. The number of benzene rings is 1. The molecule has 5 heteroatoms. The standard InChI is InChI=1S/C11H5Cl3IN/c12-8-3-1-2-6(11(8)14)7-5-16-10(13)4-9(7)15/h1-5H. The fourth-order valence-electron chi connectivity index (χ4n) is 1.32. The Morgan fingerprint density at radius 3 is 2.50 bits per heavy atom.